The first-order valence-electron chi connectivity index (χ1n) is 21.1. The van der Waals surface area contributed by atoms with Crippen molar-refractivity contribution in [1.29, 1.82) is 0 Å². The van der Waals surface area contributed by atoms with Crippen LogP contribution in [-0.4, -0.2) is 19.9 Å². The molecule has 3 heterocycles. The second-order valence-corrected chi connectivity index (χ2v) is 16.9. The van der Waals surface area contributed by atoms with Gasteiger partial charge in [-0.25, -0.2) is 19.9 Å². The minimum absolute atomic E-state index is 0.623. The van der Waals surface area contributed by atoms with Crippen molar-refractivity contribution in [1.82, 2.24) is 19.9 Å². The van der Waals surface area contributed by atoms with Crippen LogP contribution in [0, 0.1) is 0 Å². The molecule has 12 rings (SSSR count). The summed E-state index contributed by atoms with van der Waals surface area (Å²) in [7, 11) is 0. The van der Waals surface area contributed by atoms with E-state index < -0.39 is 0 Å². The summed E-state index contributed by atoms with van der Waals surface area (Å²) in [6.45, 7) is 0. The minimum Gasteiger partial charge on any atom is -0.247 e. The van der Waals surface area contributed by atoms with Crippen molar-refractivity contribution in [2.75, 3.05) is 0 Å². The highest BCUT2D eigenvalue weighted by molar-refractivity contribution is 7.26. The number of nitrogens with zero attached hydrogens (tertiary/aromatic N) is 4. The molecular formula is C58H36N4S. The summed E-state index contributed by atoms with van der Waals surface area (Å²) in [6.07, 6.45) is 0. The number of thiophene rings is 1. The Morgan fingerprint density at radius 3 is 1.16 bits per heavy atom. The van der Waals surface area contributed by atoms with E-state index in [-0.39, 0.29) is 0 Å². The van der Waals surface area contributed by atoms with Gasteiger partial charge in [0, 0.05) is 47.8 Å². The fraction of sp³-hybridized carbons (Fsp3) is 0. The molecule has 0 saturated heterocycles. The molecule has 0 unspecified atom stereocenters. The molecule has 0 fully saturated rings. The van der Waals surface area contributed by atoms with Crippen LogP contribution in [0.5, 0.6) is 0 Å². The van der Waals surface area contributed by atoms with Crippen molar-refractivity contribution < 1.29 is 0 Å². The largest absolute Gasteiger partial charge is 0.247 e. The van der Waals surface area contributed by atoms with Crippen molar-refractivity contribution in [2.45, 2.75) is 0 Å². The second kappa shape index (κ2) is 15.4. The van der Waals surface area contributed by atoms with E-state index in [1.165, 1.54) is 47.5 Å². The summed E-state index contributed by atoms with van der Waals surface area (Å²) in [5.74, 6) is 1.88. The van der Waals surface area contributed by atoms with Crippen LogP contribution in [0.1, 0.15) is 0 Å². The molecule has 4 nitrogen and oxygen atoms in total. The molecule has 0 aliphatic heterocycles. The first-order valence-corrected chi connectivity index (χ1v) is 21.9. The smallest absolute Gasteiger partial charge is 0.164 e. The van der Waals surface area contributed by atoms with Crippen LogP contribution in [-0.2, 0) is 0 Å². The molecule has 0 aliphatic rings. The normalized spacial score (nSPS) is 11.5. The summed E-state index contributed by atoms with van der Waals surface area (Å²) in [5, 5.41) is 6.08. The molecule has 0 bridgehead atoms. The van der Waals surface area contributed by atoms with E-state index in [2.05, 4.69) is 206 Å². The van der Waals surface area contributed by atoms with Gasteiger partial charge in [0.2, 0.25) is 0 Å². The van der Waals surface area contributed by atoms with E-state index in [1.54, 1.807) is 0 Å². The van der Waals surface area contributed by atoms with Crippen LogP contribution in [0.3, 0.4) is 0 Å². The molecule has 9 aromatic carbocycles. The molecule has 0 amide bonds. The Morgan fingerprint density at radius 2 is 0.667 bits per heavy atom. The third kappa shape index (κ3) is 6.81. The molecule has 0 spiro atoms. The zero-order chi connectivity index (χ0) is 41.7. The highest BCUT2D eigenvalue weighted by Gasteiger charge is 2.18. The van der Waals surface area contributed by atoms with Crippen molar-refractivity contribution in [2.24, 2.45) is 0 Å². The molecule has 0 N–H and O–H groups in total. The van der Waals surface area contributed by atoms with Gasteiger partial charge in [-0.3, -0.25) is 0 Å². The van der Waals surface area contributed by atoms with Crippen LogP contribution in [0.2, 0.25) is 0 Å². The summed E-state index contributed by atoms with van der Waals surface area (Å²) in [4.78, 5) is 20.5. The lowest BCUT2D eigenvalue weighted by molar-refractivity contribution is 1.07. The van der Waals surface area contributed by atoms with Crippen LogP contribution < -0.4 is 0 Å². The number of pyridine rings is 1. The minimum atomic E-state index is 0.623. The number of fused-ring (bicyclic) bond motifs is 6. The van der Waals surface area contributed by atoms with Gasteiger partial charge in [0.15, 0.2) is 17.5 Å². The zero-order valence-corrected chi connectivity index (χ0v) is 34.8. The van der Waals surface area contributed by atoms with Gasteiger partial charge in [0.05, 0.1) is 11.2 Å². The van der Waals surface area contributed by atoms with Crippen molar-refractivity contribution in [3.05, 3.63) is 218 Å². The Kier molecular flexibility index (Phi) is 8.98. The van der Waals surface area contributed by atoms with E-state index in [1.807, 2.05) is 23.5 Å². The molecule has 5 heteroatoms. The Morgan fingerprint density at radius 1 is 0.286 bits per heavy atom. The molecule has 0 atom stereocenters. The maximum absolute atomic E-state index is 5.38. The summed E-state index contributed by atoms with van der Waals surface area (Å²) < 4.78 is 2.55. The van der Waals surface area contributed by atoms with Crippen LogP contribution >= 0.6 is 11.3 Å². The molecular weight excluding hydrogens is 785 g/mol. The predicted octanol–water partition coefficient (Wildman–Crippen LogP) is 15.6. The lowest BCUT2D eigenvalue weighted by Gasteiger charge is -2.11. The fourth-order valence-corrected chi connectivity index (χ4v) is 9.87. The molecule has 63 heavy (non-hydrogen) atoms. The van der Waals surface area contributed by atoms with Crippen LogP contribution in [0.15, 0.2) is 218 Å². The van der Waals surface area contributed by atoms with Gasteiger partial charge >= 0.3 is 0 Å². The summed E-state index contributed by atoms with van der Waals surface area (Å²) in [6, 6.07) is 76.8. The van der Waals surface area contributed by atoms with E-state index in [4.69, 9.17) is 19.9 Å². The van der Waals surface area contributed by atoms with Gasteiger partial charge in [-0.2, -0.15) is 0 Å². The van der Waals surface area contributed by atoms with E-state index >= 15 is 0 Å². The van der Waals surface area contributed by atoms with Crippen LogP contribution in [0.4, 0.5) is 0 Å². The number of hydrogen-bond donors (Lipinski definition) is 0. The standard InChI is InChI=1S/C58H36N4S/c1-3-11-37(12-4-1)39-21-29-44(30-22-39)56-60-57(45-31-23-40(24-32-45)38-13-5-2-6-14-38)62-58(61-56)46-33-25-42(26-34-46)41-19-27-43(28-20-41)54-53-49-17-9-10-18-52(49)63-55(53)50-35-47-15-7-8-16-48(47)36-51(50)59-54/h1-36H. The number of rotatable bonds is 7. The molecule has 3 aromatic heterocycles. The lowest BCUT2D eigenvalue weighted by atomic mass is 9.98. The molecule has 0 radical (unpaired) electrons. The third-order valence-corrected chi connectivity index (χ3v) is 13.1. The van der Waals surface area contributed by atoms with Crippen molar-refractivity contribution in [3.63, 3.8) is 0 Å². The van der Waals surface area contributed by atoms with Gasteiger partial charge < -0.3 is 0 Å². The second-order valence-electron chi connectivity index (χ2n) is 15.8. The highest BCUT2D eigenvalue weighted by Crippen LogP contribution is 2.44. The maximum atomic E-state index is 5.38. The van der Waals surface area contributed by atoms with E-state index in [9.17, 15) is 0 Å². The quantitative estimate of drug-likeness (QED) is 0.150. The molecule has 0 saturated carbocycles. The first-order chi connectivity index (χ1) is 31.2. The SMILES string of the molecule is c1ccc(-c2ccc(-c3nc(-c4ccc(-c5ccccc5)cc4)nc(-c4ccc(-c5ccc(-c6nc7cc8ccccc8cc7c7sc8ccccc8c67)cc5)cc4)n3)cc2)cc1. The summed E-state index contributed by atoms with van der Waals surface area (Å²) >= 11 is 1.85. The number of aromatic nitrogens is 4. The van der Waals surface area contributed by atoms with Gasteiger partial charge in [0.25, 0.3) is 0 Å². The topological polar surface area (TPSA) is 51.6 Å². The van der Waals surface area contributed by atoms with Gasteiger partial charge in [-0.05, 0) is 62.4 Å². The number of benzene rings is 9. The summed E-state index contributed by atoms with van der Waals surface area (Å²) in [5.41, 5.74) is 12.8. The van der Waals surface area contributed by atoms with Gasteiger partial charge in [-0.15, -0.1) is 11.3 Å². The zero-order valence-electron chi connectivity index (χ0n) is 34.0. The van der Waals surface area contributed by atoms with E-state index in [0.717, 1.165) is 55.7 Å². The fourth-order valence-electron chi connectivity index (χ4n) is 8.64. The maximum Gasteiger partial charge on any atom is 0.164 e. The van der Waals surface area contributed by atoms with Gasteiger partial charge in [0.1, 0.15) is 0 Å². The number of hydrogen-bond acceptors (Lipinski definition) is 5. The Balaban J connectivity index is 0.898. The average Bonchev–Trinajstić information content (AvgIpc) is 3.76. The lowest BCUT2D eigenvalue weighted by Crippen LogP contribution is -2.00. The first kappa shape index (κ1) is 36.7. The highest BCUT2D eigenvalue weighted by atomic mass is 32.1. The van der Waals surface area contributed by atoms with Crippen molar-refractivity contribution in [3.8, 4) is 78.8 Å². The average molecular weight is 821 g/mol. The van der Waals surface area contributed by atoms with E-state index in [0.29, 0.717) is 17.5 Å². The van der Waals surface area contributed by atoms with Gasteiger partial charge in [-0.1, -0.05) is 200 Å². The molecule has 294 valence electrons. The Bertz CT molecular complexity index is 3520. The molecule has 0 aliphatic carbocycles. The Labute approximate surface area is 368 Å². The molecule has 12 aromatic rings. The third-order valence-electron chi connectivity index (χ3n) is 11.9. The van der Waals surface area contributed by atoms with Crippen LogP contribution in [0.25, 0.3) is 121 Å². The monoisotopic (exact) mass is 820 g/mol. The predicted molar refractivity (Wildman–Crippen MR) is 264 cm³/mol. The Hall–Kier alpha value is -8.12. The van der Waals surface area contributed by atoms with Crippen molar-refractivity contribution >= 4 is 53.2 Å².